The highest BCUT2D eigenvalue weighted by molar-refractivity contribution is 8.77. The zero-order chi connectivity index (χ0) is 19.2. The lowest BCUT2D eigenvalue weighted by Crippen LogP contribution is -2.50. The van der Waals surface area contributed by atoms with Gasteiger partial charge in [0.15, 0.2) is 5.78 Å². The number of ketones is 1. The van der Waals surface area contributed by atoms with Crippen LogP contribution in [-0.4, -0.2) is 52.3 Å². The number of carbonyl (C=O) groups is 2. The van der Waals surface area contributed by atoms with Gasteiger partial charge < -0.3 is 5.11 Å². The number of aliphatic hydroxyl groups is 1. The lowest BCUT2D eigenvalue weighted by Gasteiger charge is -2.40. The van der Waals surface area contributed by atoms with Crippen LogP contribution >= 0.6 is 21.6 Å². The van der Waals surface area contributed by atoms with Crippen LogP contribution in [0.2, 0.25) is 0 Å². The average Bonchev–Trinajstić information content (AvgIpc) is 3.50. The molecule has 1 saturated carbocycles. The molecule has 0 amide bonds. The van der Waals surface area contributed by atoms with Gasteiger partial charge in [0.2, 0.25) is 0 Å². The lowest BCUT2D eigenvalue weighted by atomic mass is 9.89. The number of piperidine rings is 1. The molecule has 1 aliphatic heterocycles. The quantitative estimate of drug-likeness (QED) is 0.292. The fourth-order valence-corrected chi connectivity index (χ4v) is 5.95. The third-order valence-electron chi connectivity index (χ3n) is 4.93. The van der Waals surface area contributed by atoms with Crippen molar-refractivity contribution in [1.29, 1.82) is 0 Å². The number of carbonyl (C=O) groups excluding carboxylic acids is 2. The van der Waals surface area contributed by atoms with E-state index in [2.05, 4.69) is 0 Å². The summed E-state index contributed by atoms with van der Waals surface area (Å²) in [5, 5.41) is 9.07. The summed E-state index contributed by atoms with van der Waals surface area (Å²) in [7, 11) is 3.17. The Balaban J connectivity index is 1.84. The maximum atomic E-state index is 14.2. The molecule has 1 aromatic carbocycles. The smallest absolute Gasteiger partial charge is 0.157 e. The van der Waals surface area contributed by atoms with Crippen molar-refractivity contribution in [3.8, 4) is 0 Å². The first-order valence-electron chi connectivity index (χ1n) is 9.21. The number of Topliss-reactive ketones (excluding diaryl/α,β-unsaturated/α-hetero) is 1. The summed E-state index contributed by atoms with van der Waals surface area (Å²) in [5.74, 6) is 0.542. The highest BCUT2D eigenvalue weighted by Crippen LogP contribution is 2.42. The van der Waals surface area contributed by atoms with E-state index < -0.39 is 6.04 Å². The molecule has 2 aliphatic rings. The molecule has 1 heterocycles. The molecular formula is C20H24FNO3S2. The Kier molecular flexibility index (Phi) is 7.52. The van der Waals surface area contributed by atoms with E-state index in [4.69, 9.17) is 5.11 Å². The summed E-state index contributed by atoms with van der Waals surface area (Å²) in [4.78, 5) is 26.4. The van der Waals surface area contributed by atoms with Crippen LogP contribution in [-0.2, 0) is 16.1 Å². The van der Waals surface area contributed by atoms with E-state index in [-0.39, 0.29) is 29.4 Å². The highest BCUT2D eigenvalue weighted by Gasteiger charge is 2.43. The summed E-state index contributed by atoms with van der Waals surface area (Å²) < 4.78 is 14.2. The van der Waals surface area contributed by atoms with E-state index in [0.29, 0.717) is 24.4 Å². The van der Waals surface area contributed by atoms with Gasteiger partial charge >= 0.3 is 0 Å². The van der Waals surface area contributed by atoms with Gasteiger partial charge in [-0.1, -0.05) is 39.8 Å². The monoisotopic (exact) mass is 409 g/mol. The topological polar surface area (TPSA) is 57.6 Å². The van der Waals surface area contributed by atoms with Crippen LogP contribution < -0.4 is 0 Å². The number of aldehydes is 1. The second kappa shape index (κ2) is 9.87. The minimum absolute atomic E-state index is 0.0521. The second-order valence-corrected chi connectivity index (χ2v) is 9.55. The molecule has 0 aromatic heterocycles. The molecule has 2 unspecified atom stereocenters. The van der Waals surface area contributed by atoms with E-state index in [9.17, 15) is 14.0 Å². The standard InChI is InChI=1S/C20H24FNO3S2/c21-17-4-2-1-3-15(17)13-22-9-7-18(27-26-12-11-24)16(8-10-23)19(22)20(25)14-5-6-14/h1-4,8,10,14,18-19,24H,5-7,9,11-13H2/b16-8+. The summed E-state index contributed by atoms with van der Waals surface area (Å²) in [5.41, 5.74) is 1.39. The molecule has 2 atom stereocenters. The molecule has 1 N–H and O–H groups in total. The third kappa shape index (κ3) is 5.22. The van der Waals surface area contributed by atoms with Crippen molar-refractivity contribution in [2.45, 2.75) is 37.1 Å². The van der Waals surface area contributed by atoms with Gasteiger partial charge in [0.05, 0.1) is 12.6 Å². The summed E-state index contributed by atoms with van der Waals surface area (Å²) in [6.45, 7) is 1.12. The molecule has 1 saturated heterocycles. The van der Waals surface area contributed by atoms with Gasteiger partial charge in [0, 0.05) is 35.6 Å². The van der Waals surface area contributed by atoms with Gasteiger partial charge in [0.1, 0.15) is 12.1 Å². The maximum absolute atomic E-state index is 14.2. The van der Waals surface area contributed by atoms with Crippen molar-refractivity contribution in [2.75, 3.05) is 18.9 Å². The molecule has 1 aliphatic carbocycles. The Morgan fingerprint density at radius 3 is 2.74 bits per heavy atom. The van der Waals surface area contributed by atoms with Crippen LogP contribution in [0.4, 0.5) is 4.39 Å². The number of allylic oxidation sites excluding steroid dienone is 1. The van der Waals surface area contributed by atoms with Crippen molar-refractivity contribution in [2.24, 2.45) is 5.92 Å². The fourth-order valence-electron chi connectivity index (χ4n) is 3.47. The molecular weight excluding hydrogens is 385 g/mol. The number of rotatable bonds is 9. The summed E-state index contributed by atoms with van der Waals surface area (Å²) in [6, 6.07) is 6.17. The number of benzene rings is 1. The van der Waals surface area contributed by atoms with Crippen molar-refractivity contribution in [3.63, 3.8) is 0 Å². The maximum Gasteiger partial charge on any atom is 0.157 e. The number of hydrogen-bond donors (Lipinski definition) is 1. The lowest BCUT2D eigenvalue weighted by molar-refractivity contribution is -0.125. The number of hydrogen-bond acceptors (Lipinski definition) is 6. The molecule has 1 aromatic rings. The molecule has 2 fully saturated rings. The van der Waals surface area contributed by atoms with Crippen LogP contribution in [0.25, 0.3) is 0 Å². The molecule has 27 heavy (non-hydrogen) atoms. The Bertz CT molecular complexity index is 708. The van der Waals surface area contributed by atoms with Crippen LogP contribution in [0.5, 0.6) is 0 Å². The molecule has 7 heteroatoms. The van der Waals surface area contributed by atoms with Crippen LogP contribution in [0.15, 0.2) is 35.9 Å². The van der Waals surface area contributed by atoms with Gasteiger partial charge in [-0.05, 0) is 37.0 Å². The first-order chi connectivity index (χ1) is 13.2. The minimum Gasteiger partial charge on any atom is -0.395 e. The van der Waals surface area contributed by atoms with Crippen molar-refractivity contribution in [1.82, 2.24) is 4.90 Å². The van der Waals surface area contributed by atoms with Gasteiger partial charge in [-0.3, -0.25) is 14.5 Å². The van der Waals surface area contributed by atoms with Crippen molar-refractivity contribution >= 4 is 33.7 Å². The van der Waals surface area contributed by atoms with Gasteiger partial charge in [0.25, 0.3) is 0 Å². The largest absolute Gasteiger partial charge is 0.395 e. The van der Waals surface area contributed by atoms with Crippen LogP contribution in [0.1, 0.15) is 24.8 Å². The average molecular weight is 410 g/mol. The molecule has 4 nitrogen and oxygen atoms in total. The number of nitrogens with zero attached hydrogens (tertiary/aromatic N) is 1. The Hall–Kier alpha value is -1.15. The Morgan fingerprint density at radius 2 is 2.07 bits per heavy atom. The molecule has 3 rings (SSSR count). The molecule has 0 bridgehead atoms. The third-order valence-corrected chi connectivity index (χ3v) is 7.76. The number of likely N-dealkylation sites (tertiary alicyclic amines) is 1. The zero-order valence-electron chi connectivity index (χ0n) is 15.1. The van der Waals surface area contributed by atoms with E-state index in [1.807, 2.05) is 4.90 Å². The van der Waals surface area contributed by atoms with Crippen LogP contribution in [0, 0.1) is 11.7 Å². The first kappa shape index (κ1) is 20.6. The zero-order valence-corrected chi connectivity index (χ0v) is 16.7. The summed E-state index contributed by atoms with van der Waals surface area (Å²) >= 11 is 0. The SMILES string of the molecule is O=C/C=C1\C(SSCCO)CCN(Cc2ccccc2F)C1C(=O)C1CC1. The van der Waals surface area contributed by atoms with Gasteiger partial charge in [-0.15, -0.1) is 0 Å². The Labute approximate surface area is 167 Å². The molecule has 0 spiro atoms. The second-order valence-electron chi connectivity index (χ2n) is 6.86. The van der Waals surface area contributed by atoms with Crippen molar-refractivity contribution in [3.05, 3.63) is 47.3 Å². The van der Waals surface area contributed by atoms with E-state index in [1.54, 1.807) is 39.8 Å². The minimum atomic E-state index is -0.469. The van der Waals surface area contributed by atoms with Crippen molar-refractivity contribution < 1.29 is 19.1 Å². The van der Waals surface area contributed by atoms with Crippen LogP contribution in [0.3, 0.4) is 0 Å². The number of aliphatic hydroxyl groups excluding tert-OH is 1. The predicted octanol–water partition coefficient (Wildman–Crippen LogP) is 3.25. The highest BCUT2D eigenvalue weighted by atomic mass is 33.1. The van der Waals surface area contributed by atoms with Gasteiger partial charge in [-0.25, -0.2) is 4.39 Å². The van der Waals surface area contributed by atoms with E-state index >= 15 is 0 Å². The number of halogens is 1. The van der Waals surface area contributed by atoms with E-state index in [0.717, 1.165) is 31.1 Å². The molecule has 146 valence electrons. The fraction of sp³-hybridized carbons (Fsp3) is 0.500. The Morgan fingerprint density at radius 1 is 1.30 bits per heavy atom. The molecule has 0 radical (unpaired) electrons. The first-order valence-corrected chi connectivity index (χ1v) is 11.6. The summed E-state index contributed by atoms with van der Waals surface area (Å²) in [6.07, 6.45) is 4.85. The normalized spacial score (nSPS) is 24.9. The van der Waals surface area contributed by atoms with E-state index in [1.165, 1.54) is 12.1 Å². The predicted molar refractivity (Wildman–Crippen MR) is 108 cm³/mol. The van der Waals surface area contributed by atoms with Gasteiger partial charge in [-0.2, -0.15) is 0 Å².